The first kappa shape index (κ1) is 29.8. The topological polar surface area (TPSA) is 78.7 Å². The van der Waals surface area contributed by atoms with Crippen molar-refractivity contribution in [1.82, 2.24) is 14.8 Å². The minimum atomic E-state index is -0.00483. The van der Waals surface area contributed by atoms with E-state index < -0.39 is 0 Å². The number of aromatic nitrogens is 1. The number of carbonyl (C=O) groups excluding carboxylic acids is 1. The van der Waals surface area contributed by atoms with Crippen LogP contribution in [0.15, 0.2) is 85.1 Å². The van der Waals surface area contributed by atoms with Crippen LogP contribution >= 0.6 is 11.6 Å². The predicted octanol–water partition coefficient (Wildman–Crippen LogP) is 6.95. The first-order valence-electron chi connectivity index (χ1n) is 14.2. The maximum Gasteiger partial charge on any atom is 0.246 e. The Balaban J connectivity index is 1.12. The molecule has 1 aliphatic heterocycles. The van der Waals surface area contributed by atoms with Crippen LogP contribution in [0, 0.1) is 25.2 Å². The maximum atomic E-state index is 12.9. The summed E-state index contributed by atoms with van der Waals surface area (Å²) in [6, 6.07) is 25.2. The van der Waals surface area contributed by atoms with Gasteiger partial charge in [0.2, 0.25) is 11.8 Å². The number of benzene rings is 3. The number of pyridine rings is 1. The van der Waals surface area contributed by atoms with E-state index in [0.717, 1.165) is 36.3 Å². The molecule has 0 aliphatic carbocycles. The molecule has 0 saturated carbocycles. The summed E-state index contributed by atoms with van der Waals surface area (Å²) < 4.78 is 11.8. The Morgan fingerprint density at radius 3 is 2.35 bits per heavy atom. The molecule has 2 heterocycles. The lowest BCUT2D eigenvalue weighted by Crippen LogP contribution is -2.47. The summed E-state index contributed by atoms with van der Waals surface area (Å²) in [4.78, 5) is 21.5. The zero-order valence-corrected chi connectivity index (χ0v) is 25.1. The van der Waals surface area contributed by atoms with Crippen molar-refractivity contribution in [2.24, 2.45) is 0 Å². The van der Waals surface area contributed by atoms with Crippen molar-refractivity contribution in [1.29, 1.82) is 5.26 Å². The van der Waals surface area contributed by atoms with Crippen LogP contribution in [-0.4, -0.2) is 46.9 Å². The largest absolute Gasteiger partial charge is 0.487 e. The lowest BCUT2D eigenvalue weighted by Gasteiger charge is -2.34. The van der Waals surface area contributed by atoms with Gasteiger partial charge < -0.3 is 14.4 Å². The molecule has 4 aromatic rings. The summed E-state index contributed by atoms with van der Waals surface area (Å²) in [7, 11) is 0. The molecule has 0 radical (unpaired) electrons. The van der Waals surface area contributed by atoms with Crippen LogP contribution in [0.4, 0.5) is 0 Å². The van der Waals surface area contributed by atoms with Crippen LogP contribution < -0.4 is 9.47 Å². The second kappa shape index (κ2) is 14.0. The number of hydrogen-bond acceptors (Lipinski definition) is 6. The fourth-order valence-electron chi connectivity index (χ4n) is 4.79. The van der Waals surface area contributed by atoms with Gasteiger partial charge >= 0.3 is 0 Å². The molecule has 0 atom stereocenters. The van der Waals surface area contributed by atoms with Gasteiger partial charge in [-0.25, -0.2) is 4.98 Å². The number of nitrogens with zero attached hydrogens (tertiary/aromatic N) is 4. The quantitative estimate of drug-likeness (QED) is 0.196. The summed E-state index contributed by atoms with van der Waals surface area (Å²) in [5.74, 6) is 1.48. The van der Waals surface area contributed by atoms with Crippen LogP contribution in [-0.2, 0) is 17.9 Å². The van der Waals surface area contributed by atoms with E-state index in [2.05, 4.69) is 47.1 Å². The van der Waals surface area contributed by atoms with Crippen LogP contribution in [0.25, 0.3) is 6.08 Å². The number of rotatable bonds is 9. The van der Waals surface area contributed by atoms with E-state index in [1.807, 2.05) is 30.0 Å². The van der Waals surface area contributed by atoms with Gasteiger partial charge in [0.05, 0.1) is 22.9 Å². The molecule has 1 aliphatic rings. The molecular weight excluding hydrogens is 560 g/mol. The molecule has 0 bridgehead atoms. The SMILES string of the molecule is Cc1ccc(CN2CCN(C(=O)C=Cc3cc(C)c(Oc4ccc(OCc5ccc(C#N)cc5)cn4)c(Cl)c3)CC2)cc1. The van der Waals surface area contributed by atoms with Crippen LogP contribution in [0.2, 0.25) is 5.02 Å². The number of carbonyl (C=O) groups is 1. The third-order valence-corrected chi connectivity index (χ3v) is 7.57. The molecule has 1 aromatic heterocycles. The van der Waals surface area contributed by atoms with E-state index in [9.17, 15) is 4.79 Å². The first-order valence-corrected chi connectivity index (χ1v) is 14.5. The molecule has 0 N–H and O–H groups in total. The number of aryl methyl sites for hydroxylation is 2. The van der Waals surface area contributed by atoms with E-state index in [-0.39, 0.29) is 5.91 Å². The second-order valence-electron chi connectivity index (χ2n) is 10.6. The third-order valence-electron chi connectivity index (χ3n) is 7.29. The first-order chi connectivity index (χ1) is 20.9. The van der Waals surface area contributed by atoms with E-state index in [4.69, 9.17) is 26.3 Å². The summed E-state index contributed by atoms with van der Waals surface area (Å²) in [5.41, 5.74) is 5.76. The standard InChI is InChI=1S/C35H33ClN4O3/c1-25-3-5-28(6-4-25)23-39-15-17-40(18-16-39)34(41)14-11-30-19-26(2)35(32(36)20-30)43-33-13-12-31(22-38-33)42-24-29-9-7-27(21-37)8-10-29/h3-14,19-20,22H,15-18,23-24H2,1-2H3. The lowest BCUT2D eigenvalue weighted by molar-refractivity contribution is -0.127. The summed E-state index contributed by atoms with van der Waals surface area (Å²) in [6.45, 7) is 8.36. The maximum absolute atomic E-state index is 12.9. The van der Waals surface area contributed by atoms with Gasteiger partial charge in [-0.1, -0.05) is 53.6 Å². The highest BCUT2D eigenvalue weighted by molar-refractivity contribution is 6.32. The molecule has 3 aromatic carbocycles. The predicted molar refractivity (Wildman–Crippen MR) is 168 cm³/mol. The van der Waals surface area contributed by atoms with E-state index in [0.29, 0.717) is 47.7 Å². The number of nitriles is 1. The van der Waals surface area contributed by atoms with Crippen molar-refractivity contribution in [3.8, 4) is 23.4 Å². The molecule has 7 nitrogen and oxygen atoms in total. The molecule has 218 valence electrons. The molecule has 0 spiro atoms. The highest BCUT2D eigenvalue weighted by atomic mass is 35.5. The summed E-state index contributed by atoms with van der Waals surface area (Å²) in [5, 5.41) is 9.35. The number of ether oxygens (including phenoxy) is 2. The van der Waals surface area contributed by atoms with Crippen LogP contribution in [0.1, 0.15) is 33.4 Å². The van der Waals surface area contributed by atoms with E-state index >= 15 is 0 Å². The smallest absolute Gasteiger partial charge is 0.246 e. The highest BCUT2D eigenvalue weighted by Gasteiger charge is 2.20. The Hall–Kier alpha value is -4.64. The monoisotopic (exact) mass is 592 g/mol. The highest BCUT2D eigenvalue weighted by Crippen LogP contribution is 2.34. The van der Waals surface area contributed by atoms with Crippen molar-refractivity contribution < 1.29 is 14.3 Å². The van der Waals surface area contributed by atoms with Gasteiger partial charge in [-0.15, -0.1) is 0 Å². The third kappa shape index (κ3) is 8.23. The number of hydrogen-bond donors (Lipinski definition) is 0. The molecule has 0 unspecified atom stereocenters. The van der Waals surface area contributed by atoms with Crippen molar-refractivity contribution >= 4 is 23.6 Å². The van der Waals surface area contributed by atoms with Gasteiger partial charge in [0.15, 0.2) is 5.75 Å². The fraction of sp³-hybridized carbons (Fsp3) is 0.229. The molecule has 43 heavy (non-hydrogen) atoms. The Kier molecular flexibility index (Phi) is 9.73. The number of halogens is 1. The summed E-state index contributed by atoms with van der Waals surface area (Å²) in [6.07, 6.45) is 4.99. The summed E-state index contributed by atoms with van der Waals surface area (Å²) >= 11 is 6.58. The zero-order valence-electron chi connectivity index (χ0n) is 24.3. The van der Waals surface area contributed by atoms with Gasteiger partial charge in [-0.05, 0) is 72.5 Å². The van der Waals surface area contributed by atoms with Gasteiger partial charge in [0.1, 0.15) is 12.4 Å². The zero-order chi connectivity index (χ0) is 30.2. The average Bonchev–Trinajstić information content (AvgIpc) is 3.03. The Labute approximate surface area is 257 Å². The average molecular weight is 593 g/mol. The van der Waals surface area contributed by atoms with Gasteiger partial charge in [0, 0.05) is 44.9 Å². The van der Waals surface area contributed by atoms with E-state index in [1.165, 1.54) is 11.1 Å². The molecule has 1 fully saturated rings. The second-order valence-corrected chi connectivity index (χ2v) is 11.0. The van der Waals surface area contributed by atoms with Gasteiger partial charge in [-0.3, -0.25) is 9.69 Å². The minimum absolute atomic E-state index is 0.00483. The Morgan fingerprint density at radius 2 is 1.70 bits per heavy atom. The number of piperazine rings is 1. The van der Waals surface area contributed by atoms with Crippen LogP contribution in [0.3, 0.4) is 0 Å². The van der Waals surface area contributed by atoms with Gasteiger partial charge in [0.25, 0.3) is 0 Å². The molecular formula is C35H33ClN4O3. The Bertz CT molecular complexity index is 1600. The van der Waals surface area contributed by atoms with Crippen molar-refractivity contribution in [3.63, 3.8) is 0 Å². The van der Waals surface area contributed by atoms with Crippen molar-refractivity contribution in [3.05, 3.63) is 123 Å². The normalized spacial score (nSPS) is 13.6. The Morgan fingerprint density at radius 1 is 0.977 bits per heavy atom. The minimum Gasteiger partial charge on any atom is -0.487 e. The number of amides is 1. The fourth-order valence-corrected chi connectivity index (χ4v) is 5.11. The van der Waals surface area contributed by atoms with Crippen LogP contribution in [0.5, 0.6) is 17.4 Å². The van der Waals surface area contributed by atoms with Gasteiger partial charge in [-0.2, -0.15) is 5.26 Å². The molecule has 1 saturated heterocycles. The lowest BCUT2D eigenvalue weighted by atomic mass is 10.1. The molecule has 8 heteroatoms. The van der Waals surface area contributed by atoms with Crippen molar-refractivity contribution in [2.75, 3.05) is 26.2 Å². The van der Waals surface area contributed by atoms with Crippen molar-refractivity contribution in [2.45, 2.75) is 27.0 Å². The molecule has 1 amide bonds. The van der Waals surface area contributed by atoms with E-state index in [1.54, 1.807) is 48.7 Å². The molecule has 5 rings (SSSR count).